The predicted octanol–water partition coefficient (Wildman–Crippen LogP) is 2.22. The molecule has 0 saturated carbocycles. The molecule has 0 amide bonds. The highest BCUT2D eigenvalue weighted by atomic mass is 16.1. The number of carbonyl (C=O) groups is 2. The summed E-state index contributed by atoms with van der Waals surface area (Å²) in [6, 6.07) is 0. The second-order valence-electron chi connectivity index (χ2n) is 5.90. The van der Waals surface area contributed by atoms with Crippen molar-refractivity contribution in [3.63, 3.8) is 0 Å². The predicted molar refractivity (Wildman–Crippen MR) is 84.0 cm³/mol. The van der Waals surface area contributed by atoms with Crippen molar-refractivity contribution in [1.82, 2.24) is 9.80 Å². The van der Waals surface area contributed by atoms with E-state index in [0.29, 0.717) is 18.7 Å². The number of hydrogen-bond donors (Lipinski definition) is 0. The number of Topliss-reactive ketones (excluding diaryl/α,β-unsaturated/α-hetero) is 2. The fourth-order valence-corrected chi connectivity index (χ4v) is 1.89. The summed E-state index contributed by atoms with van der Waals surface area (Å²) in [6.45, 7) is 15.1. The maximum atomic E-state index is 11.6. The van der Waals surface area contributed by atoms with Gasteiger partial charge in [-0.15, -0.1) is 0 Å². The first-order valence-corrected chi connectivity index (χ1v) is 7.87. The highest BCUT2D eigenvalue weighted by Crippen LogP contribution is 2.05. The van der Waals surface area contributed by atoms with Gasteiger partial charge in [0.15, 0.2) is 0 Å². The Balaban J connectivity index is 0.00000110. The zero-order valence-corrected chi connectivity index (χ0v) is 13.9. The van der Waals surface area contributed by atoms with Crippen LogP contribution in [0.25, 0.3) is 0 Å². The number of carbonyl (C=O) groups excluding carboxylic acids is 2. The molecule has 0 N–H and O–H groups in total. The number of piperazine rings is 1. The van der Waals surface area contributed by atoms with Gasteiger partial charge in [-0.2, -0.15) is 0 Å². The summed E-state index contributed by atoms with van der Waals surface area (Å²) in [6.07, 6.45) is 1.89. The van der Waals surface area contributed by atoms with Crippen LogP contribution in [-0.4, -0.2) is 60.6 Å². The fraction of sp³-hybridized carbons (Fsp3) is 0.875. The zero-order chi connectivity index (χ0) is 15.5. The first-order chi connectivity index (χ1) is 9.40. The quantitative estimate of drug-likeness (QED) is 0.750. The minimum Gasteiger partial charge on any atom is -0.300 e. The molecule has 0 spiro atoms. The normalized spacial score (nSPS) is 16.7. The zero-order valence-electron chi connectivity index (χ0n) is 13.9. The Morgan fingerprint density at radius 2 is 1.45 bits per heavy atom. The molecule has 1 heterocycles. The lowest BCUT2D eigenvalue weighted by molar-refractivity contribution is -0.123. The van der Waals surface area contributed by atoms with Crippen LogP contribution in [-0.2, 0) is 9.59 Å². The second kappa shape index (κ2) is 11.0. The summed E-state index contributed by atoms with van der Waals surface area (Å²) < 4.78 is 0. The van der Waals surface area contributed by atoms with E-state index in [-0.39, 0.29) is 11.7 Å². The Bertz CT molecular complexity index is 282. The molecule has 1 aliphatic heterocycles. The van der Waals surface area contributed by atoms with E-state index in [2.05, 4.69) is 23.6 Å². The van der Waals surface area contributed by atoms with E-state index in [1.165, 1.54) is 6.42 Å². The summed E-state index contributed by atoms with van der Waals surface area (Å²) in [7, 11) is 0. The topological polar surface area (TPSA) is 40.6 Å². The molecular formula is C16H32N2O2. The maximum Gasteiger partial charge on any atom is 0.149 e. The molecule has 0 atom stereocenters. The van der Waals surface area contributed by atoms with E-state index >= 15 is 0 Å². The first kappa shape index (κ1) is 19.3. The third-order valence-electron chi connectivity index (χ3n) is 3.27. The van der Waals surface area contributed by atoms with Gasteiger partial charge in [0, 0.05) is 45.1 Å². The van der Waals surface area contributed by atoms with Crippen LogP contribution in [0, 0.1) is 5.92 Å². The van der Waals surface area contributed by atoms with E-state index in [1.54, 1.807) is 6.92 Å². The van der Waals surface area contributed by atoms with Gasteiger partial charge in [-0.3, -0.25) is 14.5 Å². The van der Waals surface area contributed by atoms with E-state index in [9.17, 15) is 9.59 Å². The smallest absolute Gasteiger partial charge is 0.149 e. The third kappa shape index (κ3) is 9.21. The average molecular weight is 284 g/mol. The number of ketones is 2. The molecule has 118 valence electrons. The number of nitrogens with zero attached hydrogens (tertiary/aromatic N) is 2. The van der Waals surface area contributed by atoms with Crippen LogP contribution in [0.5, 0.6) is 0 Å². The van der Waals surface area contributed by atoms with Crippen LogP contribution in [0.4, 0.5) is 0 Å². The maximum absolute atomic E-state index is 11.6. The van der Waals surface area contributed by atoms with Gasteiger partial charge in [0.2, 0.25) is 0 Å². The van der Waals surface area contributed by atoms with Gasteiger partial charge >= 0.3 is 0 Å². The Hall–Kier alpha value is -0.740. The molecular weight excluding hydrogens is 252 g/mol. The van der Waals surface area contributed by atoms with E-state index in [0.717, 1.165) is 32.7 Å². The standard InChI is InChI=1S/C13H24N2O2.C3H8/c1-11(2)13(17)10-15-8-6-14(7-9-15)5-4-12(3)16;1-3-2/h11H,4-10H2,1-3H3;3H2,1-2H3. The molecule has 1 rings (SSSR count). The molecule has 0 aromatic heterocycles. The van der Waals surface area contributed by atoms with Gasteiger partial charge in [0.25, 0.3) is 0 Å². The Labute approximate surface area is 124 Å². The molecule has 0 aliphatic carbocycles. The van der Waals surface area contributed by atoms with Gasteiger partial charge in [-0.05, 0) is 6.92 Å². The lowest BCUT2D eigenvalue weighted by Gasteiger charge is -2.34. The molecule has 4 nitrogen and oxygen atoms in total. The monoisotopic (exact) mass is 284 g/mol. The minimum absolute atomic E-state index is 0.130. The average Bonchev–Trinajstić information content (AvgIpc) is 2.38. The molecule has 0 bridgehead atoms. The number of hydrogen-bond acceptors (Lipinski definition) is 4. The summed E-state index contributed by atoms with van der Waals surface area (Å²) >= 11 is 0. The molecule has 1 saturated heterocycles. The summed E-state index contributed by atoms with van der Waals surface area (Å²) in [5, 5.41) is 0. The van der Waals surface area contributed by atoms with Crippen LogP contribution >= 0.6 is 0 Å². The van der Waals surface area contributed by atoms with Gasteiger partial charge in [0.1, 0.15) is 11.6 Å². The molecule has 0 unspecified atom stereocenters. The Morgan fingerprint density at radius 1 is 1.00 bits per heavy atom. The van der Waals surface area contributed by atoms with Crippen molar-refractivity contribution in [3.8, 4) is 0 Å². The van der Waals surface area contributed by atoms with Crippen molar-refractivity contribution >= 4 is 11.6 Å². The van der Waals surface area contributed by atoms with Crippen molar-refractivity contribution < 1.29 is 9.59 Å². The number of rotatable bonds is 6. The van der Waals surface area contributed by atoms with Crippen molar-refractivity contribution in [2.24, 2.45) is 5.92 Å². The second-order valence-corrected chi connectivity index (χ2v) is 5.90. The van der Waals surface area contributed by atoms with Gasteiger partial charge in [-0.25, -0.2) is 0 Å². The van der Waals surface area contributed by atoms with Crippen molar-refractivity contribution in [3.05, 3.63) is 0 Å². The molecule has 20 heavy (non-hydrogen) atoms. The highest BCUT2D eigenvalue weighted by Gasteiger charge is 2.19. The van der Waals surface area contributed by atoms with Crippen molar-refractivity contribution in [2.45, 2.75) is 47.5 Å². The van der Waals surface area contributed by atoms with Gasteiger partial charge < -0.3 is 4.90 Å². The van der Waals surface area contributed by atoms with Crippen molar-refractivity contribution in [2.75, 3.05) is 39.3 Å². The van der Waals surface area contributed by atoms with E-state index in [4.69, 9.17) is 0 Å². The van der Waals surface area contributed by atoms with Crippen LogP contribution in [0.3, 0.4) is 0 Å². The van der Waals surface area contributed by atoms with Gasteiger partial charge in [-0.1, -0.05) is 34.1 Å². The molecule has 1 fully saturated rings. The first-order valence-electron chi connectivity index (χ1n) is 7.87. The molecule has 0 radical (unpaired) electrons. The van der Waals surface area contributed by atoms with Gasteiger partial charge in [0.05, 0.1) is 6.54 Å². The summed E-state index contributed by atoms with van der Waals surface area (Å²) in [5.74, 6) is 0.704. The Morgan fingerprint density at radius 3 is 1.85 bits per heavy atom. The largest absolute Gasteiger partial charge is 0.300 e. The van der Waals surface area contributed by atoms with Crippen LogP contribution in [0.1, 0.15) is 47.5 Å². The van der Waals surface area contributed by atoms with Crippen LogP contribution in [0.2, 0.25) is 0 Å². The minimum atomic E-state index is 0.130. The molecule has 4 heteroatoms. The lowest BCUT2D eigenvalue weighted by Crippen LogP contribution is -2.48. The Kier molecular flexibility index (Phi) is 10.6. The molecule has 0 aromatic rings. The highest BCUT2D eigenvalue weighted by molar-refractivity contribution is 5.82. The fourth-order valence-electron chi connectivity index (χ4n) is 1.89. The molecule has 1 aliphatic rings. The van der Waals surface area contributed by atoms with Crippen molar-refractivity contribution in [1.29, 1.82) is 0 Å². The summed E-state index contributed by atoms with van der Waals surface area (Å²) in [4.78, 5) is 27.0. The van der Waals surface area contributed by atoms with Crippen LogP contribution < -0.4 is 0 Å². The van der Waals surface area contributed by atoms with Crippen LogP contribution in [0.15, 0.2) is 0 Å². The third-order valence-corrected chi connectivity index (χ3v) is 3.27. The SMILES string of the molecule is CC(=O)CCN1CCN(CC(=O)C(C)C)CC1.CCC. The summed E-state index contributed by atoms with van der Waals surface area (Å²) in [5.41, 5.74) is 0. The van der Waals surface area contributed by atoms with E-state index < -0.39 is 0 Å². The molecule has 0 aromatic carbocycles. The lowest BCUT2D eigenvalue weighted by atomic mass is 10.1. The van der Waals surface area contributed by atoms with E-state index in [1.807, 2.05) is 13.8 Å².